The summed E-state index contributed by atoms with van der Waals surface area (Å²) in [6.45, 7) is 0. The van der Waals surface area contributed by atoms with E-state index >= 15 is 0 Å². The minimum atomic E-state index is -1.17. The van der Waals surface area contributed by atoms with E-state index < -0.39 is 8.69 Å². The fourth-order valence-corrected chi connectivity index (χ4v) is 0. The summed E-state index contributed by atoms with van der Waals surface area (Å²) in [7, 11) is -1.17. The van der Waals surface area contributed by atoms with Crippen molar-refractivity contribution in [3.8, 4) is 0 Å². The van der Waals surface area contributed by atoms with E-state index in [9.17, 15) is 0 Å². The zero-order chi connectivity index (χ0) is 2.71. The summed E-state index contributed by atoms with van der Waals surface area (Å²) >= 11 is 0. The van der Waals surface area contributed by atoms with Gasteiger partial charge in [0, 0.05) is 0 Å². The first-order valence-corrected chi connectivity index (χ1v) is 1.28. The van der Waals surface area contributed by atoms with E-state index in [1.807, 2.05) is 0 Å². The Bertz CT molecular complexity index is 19.0. The van der Waals surface area contributed by atoms with E-state index in [2.05, 4.69) is 0 Å². The monoisotopic (exact) mass is 76.0 g/mol. The van der Waals surface area contributed by atoms with Gasteiger partial charge in [-0.1, -0.05) is 0 Å². The van der Waals surface area contributed by atoms with Crippen LogP contribution in [0.3, 0.4) is 0 Å². The van der Waals surface area contributed by atoms with Crippen LogP contribution in [-0.4, -0.2) is 15.0 Å². The second-order valence-electron chi connectivity index (χ2n) is 0.0913. The third-order valence-electron chi connectivity index (χ3n) is 0. The summed E-state index contributed by atoms with van der Waals surface area (Å²) in [4.78, 5) is 7.04. The van der Waals surface area contributed by atoms with Crippen LogP contribution in [0.1, 0.15) is 2.85 Å². The molecule has 0 aliphatic carbocycles. The van der Waals surface area contributed by atoms with E-state index in [-0.39, 0.29) is 13.0 Å². The average molecular weight is 76.0 g/mol. The molecule has 2 nitrogen and oxygen atoms in total. The second kappa shape index (κ2) is 10.6. The number of hydrogen-bond acceptors (Lipinski definition) is 1. The molecule has 0 aromatic heterocycles. The molecule has 0 aromatic rings. The van der Waals surface area contributed by atoms with Crippen molar-refractivity contribution < 1.29 is 12.3 Å². The summed E-state index contributed by atoms with van der Waals surface area (Å²) in [6, 6.07) is 0. The average Bonchev–Trinajstić information content (AvgIpc) is 0.918. The van der Waals surface area contributed by atoms with Crippen LogP contribution < -0.4 is 0 Å². The Hall–Kier alpha value is 0.229. The second-order valence-corrected chi connectivity index (χ2v) is 0.274. The fourth-order valence-electron chi connectivity index (χ4n) is 0. The molecule has 1 unspecified atom stereocenters. The predicted octanol–water partition coefficient (Wildman–Crippen LogP) is -0.238. The molecule has 0 heterocycles. The van der Waals surface area contributed by atoms with Crippen LogP contribution in [0, 0.1) is 0 Å². The molecule has 0 amide bonds. The van der Waals surface area contributed by atoms with Gasteiger partial charge in [0.25, 0.3) is 0 Å². The first-order chi connectivity index (χ1) is 1.41. The van der Waals surface area contributed by atoms with E-state index in [1.165, 1.54) is 0 Å². The molecule has 22 valence electrons. The molecule has 0 aliphatic rings. The molecule has 0 spiro atoms. The van der Waals surface area contributed by atoms with E-state index in [4.69, 9.17) is 9.46 Å². The quantitative estimate of drug-likeness (QED) is 0.319. The Morgan fingerprint density at radius 3 is 2.00 bits per heavy atom. The van der Waals surface area contributed by atoms with Crippen LogP contribution >= 0.6 is 8.69 Å². The van der Waals surface area contributed by atoms with Crippen LogP contribution in [0.2, 0.25) is 0 Å². The Morgan fingerprint density at radius 2 is 2.00 bits per heavy atom. The maximum atomic E-state index is 8.51. The van der Waals surface area contributed by atoms with E-state index in [1.54, 1.807) is 0 Å². The summed E-state index contributed by atoms with van der Waals surface area (Å²) in [6.07, 6.45) is 0. The Kier molecular flexibility index (Phi) is 23.6. The van der Waals surface area contributed by atoms with Gasteiger partial charge >= 0.3 is 18.8 Å². The molecule has 0 saturated carbocycles. The minimum Gasteiger partial charge on any atom is -1.00 e. The Morgan fingerprint density at radius 1 is 2.00 bits per heavy atom. The summed E-state index contributed by atoms with van der Waals surface area (Å²) in [5.41, 5.74) is 0. The minimum absolute atomic E-state index is 0. The van der Waals surface area contributed by atoms with Gasteiger partial charge in [-0.2, -0.15) is 4.89 Å². The molecule has 1 N–H and O–H groups in total. The molecule has 0 radical (unpaired) electrons. The first-order valence-electron chi connectivity index (χ1n) is 0.428. The van der Waals surface area contributed by atoms with Crippen molar-refractivity contribution in [2.24, 2.45) is 0 Å². The van der Waals surface area contributed by atoms with Gasteiger partial charge in [-0.3, -0.25) is 0 Å². The summed E-state index contributed by atoms with van der Waals surface area (Å²) < 4.78 is 8.51. The molecule has 0 aliphatic heterocycles. The summed E-state index contributed by atoms with van der Waals surface area (Å²) in [5, 5.41) is 0. The number of rotatable bonds is 0. The topological polar surface area (TPSA) is 37.3 Å². The molecule has 0 aromatic carbocycles. The van der Waals surface area contributed by atoms with Crippen molar-refractivity contribution in [2.75, 3.05) is 0 Å². The van der Waals surface area contributed by atoms with Gasteiger partial charge in [-0.05, 0) is 4.57 Å². The van der Waals surface area contributed by atoms with E-state index in [0.717, 1.165) is 0 Å². The van der Waals surface area contributed by atoms with Crippen LogP contribution in [0.5, 0.6) is 0 Å². The maximum absolute atomic E-state index is 8.51. The molecular formula is H4BeO2P+. The zero-order valence-corrected chi connectivity index (χ0v) is 3.06. The van der Waals surface area contributed by atoms with Crippen LogP contribution in [0.15, 0.2) is 0 Å². The Labute approximate surface area is 32.3 Å². The van der Waals surface area contributed by atoms with Crippen molar-refractivity contribution in [1.29, 1.82) is 0 Å². The molecule has 1 atom stereocenters. The molecule has 4 heavy (non-hydrogen) atoms. The maximum Gasteiger partial charge on any atom is 2.00 e. The third-order valence-corrected chi connectivity index (χ3v) is 0. The van der Waals surface area contributed by atoms with E-state index in [0.29, 0.717) is 0 Å². The van der Waals surface area contributed by atoms with Gasteiger partial charge in [0.05, 0.1) is 0 Å². The van der Waals surface area contributed by atoms with Crippen LogP contribution in [0.25, 0.3) is 0 Å². The predicted molar refractivity (Wildman–Crippen MR) is 19.2 cm³/mol. The Balaban J connectivity index is -0.00000000667. The van der Waals surface area contributed by atoms with Crippen molar-refractivity contribution >= 4 is 18.8 Å². The van der Waals surface area contributed by atoms with Gasteiger partial charge in [-0.15, -0.1) is 0 Å². The van der Waals surface area contributed by atoms with Gasteiger partial charge in [0.15, 0.2) is 0 Å². The standard InChI is InChI=1S/Be.HO2P.2H/c;1-3-2;;/h;3H;;/q+2;;2*-1/p+1. The molecule has 4 heteroatoms. The van der Waals surface area contributed by atoms with Gasteiger partial charge in [-0.25, -0.2) is 0 Å². The molecule has 0 rings (SSSR count). The normalized spacial score (nSPS) is 5.25. The molecule has 0 bridgehead atoms. The van der Waals surface area contributed by atoms with Crippen molar-refractivity contribution in [3.05, 3.63) is 0 Å². The molecular weight excluding hydrogens is 72.0 g/mol. The zero-order valence-electron chi connectivity index (χ0n) is 4.06. The van der Waals surface area contributed by atoms with Crippen LogP contribution in [-0.2, 0) is 4.57 Å². The molecule has 0 saturated heterocycles. The smallest absolute Gasteiger partial charge is 1.00 e. The van der Waals surface area contributed by atoms with Gasteiger partial charge in [0.2, 0.25) is 0 Å². The largest absolute Gasteiger partial charge is 2.00 e. The first kappa shape index (κ1) is 8.87. The number of hydrogen-bond donors (Lipinski definition) is 1. The third kappa shape index (κ3) is 64.3. The van der Waals surface area contributed by atoms with Crippen molar-refractivity contribution in [2.45, 2.75) is 0 Å². The summed E-state index contributed by atoms with van der Waals surface area (Å²) in [5.74, 6) is 0. The van der Waals surface area contributed by atoms with Crippen LogP contribution in [0.4, 0.5) is 0 Å². The molecule has 0 fully saturated rings. The van der Waals surface area contributed by atoms with Gasteiger partial charge in [0.1, 0.15) is 0 Å². The fraction of sp³-hybridized carbons (Fsp3) is 0. The van der Waals surface area contributed by atoms with Crippen molar-refractivity contribution in [1.82, 2.24) is 0 Å². The van der Waals surface area contributed by atoms with Crippen molar-refractivity contribution in [3.63, 3.8) is 0 Å². The van der Waals surface area contributed by atoms with Gasteiger partial charge < -0.3 is 2.85 Å². The SMILES string of the molecule is O=[PH+]O.[Be+2].[H-].[H-].